The number of carbonyl (C=O) groups is 2. The monoisotopic (exact) mass is 383 g/mol. The molecule has 2 aromatic rings. The molecule has 2 heterocycles. The van der Waals surface area contributed by atoms with Gasteiger partial charge in [-0.3, -0.25) is 4.79 Å². The van der Waals surface area contributed by atoms with Gasteiger partial charge in [-0.15, -0.1) is 0 Å². The molecule has 0 saturated carbocycles. The van der Waals surface area contributed by atoms with Gasteiger partial charge in [0.05, 0.1) is 11.6 Å². The lowest BCUT2D eigenvalue weighted by atomic mass is 10.2. The van der Waals surface area contributed by atoms with Crippen LogP contribution in [0.5, 0.6) is 0 Å². The van der Waals surface area contributed by atoms with Crippen molar-refractivity contribution in [1.29, 1.82) is 0 Å². The SMILES string of the molecule is C=CC(=O)Nc1ccc2c(N3CC[C@@H](NC(=O)OC(C)(C)C)C3)ncnc2c1. The Labute approximate surface area is 164 Å². The van der Waals surface area contributed by atoms with Gasteiger partial charge in [0.2, 0.25) is 5.91 Å². The third kappa shape index (κ3) is 4.76. The Morgan fingerprint density at radius 2 is 2.11 bits per heavy atom. The van der Waals surface area contributed by atoms with Crippen LogP contribution in [-0.4, -0.2) is 46.7 Å². The van der Waals surface area contributed by atoms with Gasteiger partial charge in [-0.05, 0) is 51.5 Å². The van der Waals surface area contributed by atoms with Gasteiger partial charge in [0.15, 0.2) is 0 Å². The number of carbonyl (C=O) groups excluding carboxylic acids is 2. The second-order valence-corrected chi connectivity index (χ2v) is 7.70. The van der Waals surface area contributed by atoms with Crippen LogP contribution in [0.15, 0.2) is 37.2 Å². The highest BCUT2D eigenvalue weighted by molar-refractivity contribution is 6.01. The van der Waals surface area contributed by atoms with Crippen LogP contribution in [0.3, 0.4) is 0 Å². The molecule has 0 unspecified atom stereocenters. The van der Waals surface area contributed by atoms with Gasteiger partial charge in [-0.1, -0.05) is 6.58 Å². The highest BCUT2D eigenvalue weighted by Gasteiger charge is 2.27. The molecule has 1 fully saturated rings. The van der Waals surface area contributed by atoms with E-state index in [9.17, 15) is 9.59 Å². The van der Waals surface area contributed by atoms with Crippen molar-refractivity contribution in [3.63, 3.8) is 0 Å². The van der Waals surface area contributed by atoms with Crippen molar-refractivity contribution in [2.75, 3.05) is 23.3 Å². The lowest BCUT2D eigenvalue weighted by Crippen LogP contribution is -2.40. The number of benzene rings is 1. The first-order chi connectivity index (χ1) is 13.2. The number of nitrogens with one attached hydrogen (secondary N) is 2. The zero-order valence-electron chi connectivity index (χ0n) is 16.4. The van der Waals surface area contributed by atoms with E-state index in [0.29, 0.717) is 12.2 Å². The predicted octanol–water partition coefficient (Wildman–Crippen LogP) is 2.86. The summed E-state index contributed by atoms with van der Waals surface area (Å²) in [6.07, 6.45) is 3.12. The van der Waals surface area contributed by atoms with E-state index in [1.807, 2.05) is 32.9 Å². The van der Waals surface area contributed by atoms with E-state index in [-0.39, 0.29) is 11.9 Å². The van der Waals surface area contributed by atoms with Crippen LogP contribution in [-0.2, 0) is 9.53 Å². The second-order valence-electron chi connectivity index (χ2n) is 7.70. The Kier molecular flexibility index (Phi) is 5.48. The molecule has 148 valence electrons. The molecule has 1 saturated heterocycles. The summed E-state index contributed by atoms with van der Waals surface area (Å²) in [5.74, 6) is 0.532. The molecular formula is C20H25N5O3. The molecule has 2 N–H and O–H groups in total. The van der Waals surface area contributed by atoms with E-state index >= 15 is 0 Å². The van der Waals surface area contributed by atoms with Gasteiger partial charge in [-0.2, -0.15) is 0 Å². The Balaban J connectivity index is 1.72. The van der Waals surface area contributed by atoms with E-state index in [4.69, 9.17) is 4.74 Å². The van der Waals surface area contributed by atoms with Crippen LogP contribution in [0.2, 0.25) is 0 Å². The number of ether oxygens (including phenoxy) is 1. The Morgan fingerprint density at radius 3 is 2.82 bits per heavy atom. The highest BCUT2D eigenvalue weighted by Crippen LogP contribution is 2.28. The average Bonchev–Trinajstić information content (AvgIpc) is 3.07. The van der Waals surface area contributed by atoms with Crippen molar-refractivity contribution >= 4 is 34.4 Å². The Bertz CT molecular complexity index is 906. The zero-order valence-corrected chi connectivity index (χ0v) is 16.4. The normalized spacial score (nSPS) is 16.7. The van der Waals surface area contributed by atoms with Gasteiger partial charge in [0.1, 0.15) is 17.7 Å². The van der Waals surface area contributed by atoms with Crippen molar-refractivity contribution in [2.24, 2.45) is 0 Å². The maximum Gasteiger partial charge on any atom is 0.407 e. The van der Waals surface area contributed by atoms with Crippen LogP contribution < -0.4 is 15.5 Å². The minimum atomic E-state index is -0.524. The number of rotatable bonds is 4. The number of aromatic nitrogens is 2. The maximum absolute atomic E-state index is 12.0. The topological polar surface area (TPSA) is 96.5 Å². The molecule has 0 radical (unpaired) electrons. The molecule has 8 nitrogen and oxygen atoms in total. The van der Waals surface area contributed by atoms with Crippen LogP contribution in [0.1, 0.15) is 27.2 Å². The molecule has 1 aliphatic heterocycles. The molecular weight excluding hydrogens is 358 g/mol. The molecule has 0 aliphatic carbocycles. The minimum Gasteiger partial charge on any atom is -0.444 e. The Hall–Kier alpha value is -3.16. The zero-order chi connectivity index (χ0) is 20.3. The van der Waals surface area contributed by atoms with E-state index in [1.54, 1.807) is 6.07 Å². The van der Waals surface area contributed by atoms with E-state index in [1.165, 1.54) is 12.4 Å². The van der Waals surface area contributed by atoms with E-state index in [2.05, 4.69) is 32.1 Å². The van der Waals surface area contributed by atoms with E-state index < -0.39 is 11.7 Å². The van der Waals surface area contributed by atoms with Gasteiger partial charge >= 0.3 is 6.09 Å². The second kappa shape index (κ2) is 7.84. The summed E-state index contributed by atoms with van der Waals surface area (Å²) in [4.78, 5) is 34.4. The fourth-order valence-corrected chi connectivity index (χ4v) is 3.11. The number of nitrogens with zero attached hydrogens (tertiary/aromatic N) is 3. The Morgan fingerprint density at radius 1 is 1.32 bits per heavy atom. The fraction of sp³-hybridized carbons (Fsp3) is 0.400. The average molecular weight is 383 g/mol. The first kappa shape index (κ1) is 19.6. The molecule has 1 atom stereocenters. The number of fused-ring (bicyclic) bond motifs is 1. The van der Waals surface area contributed by atoms with Crippen LogP contribution in [0.25, 0.3) is 10.9 Å². The lowest BCUT2D eigenvalue weighted by Gasteiger charge is -2.22. The standard InChI is InChI=1S/C20H25N5O3/c1-5-17(26)23-13-6-7-15-16(10-13)21-12-22-18(15)25-9-8-14(11-25)24-19(27)28-20(2,3)4/h5-7,10,12,14H,1,8-9,11H2,2-4H3,(H,23,26)(H,24,27)/t14-/m1/s1. The highest BCUT2D eigenvalue weighted by atomic mass is 16.6. The third-order valence-electron chi connectivity index (χ3n) is 4.28. The summed E-state index contributed by atoms with van der Waals surface area (Å²) >= 11 is 0. The van der Waals surface area contributed by atoms with Gasteiger partial charge in [-0.25, -0.2) is 14.8 Å². The van der Waals surface area contributed by atoms with Crippen LogP contribution >= 0.6 is 0 Å². The van der Waals surface area contributed by atoms with Crippen molar-refractivity contribution in [3.05, 3.63) is 37.2 Å². The third-order valence-corrected chi connectivity index (χ3v) is 4.28. The first-order valence-electron chi connectivity index (χ1n) is 9.18. The predicted molar refractivity (Wildman–Crippen MR) is 108 cm³/mol. The molecule has 28 heavy (non-hydrogen) atoms. The summed E-state index contributed by atoms with van der Waals surface area (Å²) in [5, 5.41) is 6.53. The van der Waals surface area contributed by atoms with Crippen LogP contribution in [0, 0.1) is 0 Å². The molecule has 1 aliphatic rings. The molecule has 1 aromatic carbocycles. The summed E-state index contributed by atoms with van der Waals surface area (Å²) < 4.78 is 5.33. The molecule has 2 amide bonds. The molecule has 1 aromatic heterocycles. The van der Waals surface area contributed by atoms with Crippen molar-refractivity contribution in [1.82, 2.24) is 15.3 Å². The largest absolute Gasteiger partial charge is 0.444 e. The van der Waals surface area contributed by atoms with Crippen LogP contribution in [0.4, 0.5) is 16.3 Å². The fourth-order valence-electron chi connectivity index (χ4n) is 3.11. The smallest absolute Gasteiger partial charge is 0.407 e. The first-order valence-corrected chi connectivity index (χ1v) is 9.18. The summed E-state index contributed by atoms with van der Waals surface area (Å²) in [6.45, 7) is 10.4. The maximum atomic E-state index is 12.0. The lowest BCUT2D eigenvalue weighted by molar-refractivity contribution is -0.111. The number of alkyl carbamates (subject to hydrolysis) is 1. The van der Waals surface area contributed by atoms with Gasteiger partial charge in [0.25, 0.3) is 0 Å². The summed E-state index contributed by atoms with van der Waals surface area (Å²) in [6, 6.07) is 5.49. The van der Waals surface area contributed by atoms with E-state index in [0.717, 1.165) is 29.7 Å². The molecule has 0 bridgehead atoms. The van der Waals surface area contributed by atoms with Gasteiger partial charge in [0, 0.05) is 24.2 Å². The summed E-state index contributed by atoms with van der Waals surface area (Å²) in [5.41, 5.74) is 0.854. The van der Waals surface area contributed by atoms with Crippen molar-refractivity contribution < 1.29 is 14.3 Å². The minimum absolute atomic E-state index is 0.00832. The number of hydrogen-bond donors (Lipinski definition) is 2. The number of anilines is 2. The molecule has 8 heteroatoms. The van der Waals surface area contributed by atoms with Crippen molar-refractivity contribution in [2.45, 2.75) is 38.8 Å². The molecule has 0 spiro atoms. The number of amides is 2. The quantitative estimate of drug-likeness (QED) is 0.788. The van der Waals surface area contributed by atoms with Crippen molar-refractivity contribution in [3.8, 4) is 0 Å². The summed E-state index contributed by atoms with van der Waals surface area (Å²) in [7, 11) is 0. The van der Waals surface area contributed by atoms with Gasteiger partial charge < -0.3 is 20.3 Å². The molecule has 3 rings (SSSR count). The number of hydrogen-bond acceptors (Lipinski definition) is 6.